The molecule has 0 radical (unpaired) electrons. The van der Waals surface area contributed by atoms with Crippen LogP contribution in [0.1, 0.15) is 32.8 Å². The Morgan fingerprint density at radius 1 is 1.35 bits per heavy atom. The topological polar surface area (TPSA) is 40.6 Å². The number of piperazine rings is 1. The summed E-state index contributed by atoms with van der Waals surface area (Å²) in [5.74, 6) is -0.462. The Hall–Kier alpha value is -1.62. The number of carbonyl (C=O) groups excluding carboxylic acids is 2. The van der Waals surface area contributed by atoms with Gasteiger partial charge in [-0.25, -0.2) is 4.39 Å². The Labute approximate surface area is 141 Å². The number of benzene rings is 1. The number of rotatable bonds is 5. The van der Waals surface area contributed by atoms with Gasteiger partial charge in [0.15, 0.2) is 0 Å². The van der Waals surface area contributed by atoms with Gasteiger partial charge in [0.25, 0.3) is 0 Å². The lowest BCUT2D eigenvalue weighted by atomic mass is 9.98. The Morgan fingerprint density at radius 3 is 2.61 bits per heavy atom. The molecule has 1 atom stereocenters. The van der Waals surface area contributed by atoms with Crippen LogP contribution in [0.3, 0.4) is 0 Å². The fraction of sp³-hybridized carbons (Fsp3) is 0.529. The minimum Gasteiger partial charge on any atom is -0.332 e. The van der Waals surface area contributed by atoms with Gasteiger partial charge in [-0.1, -0.05) is 31.5 Å². The van der Waals surface area contributed by atoms with Crippen LogP contribution in [-0.4, -0.2) is 40.7 Å². The van der Waals surface area contributed by atoms with Gasteiger partial charge in [0.1, 0.15) is 11.9 Å². The summed E-state index contributed by atoms with van der Waals surface area (Å²) in [6, 6.07) is 3.86. The van der Waals surface area contributed by atoms with E-state index in [1.165, 1.54) is 17.0 Å². The van der Waals surface area contributed by atoms with E-state index in [2.05, 4.69) is 0 Å². The first-order valence-corrected chi connectivity index (χ1v) is 8.24. The molecule has 0 saturated carbocycles. The number of carbonyl (C=O) groups is 2. The van der Waals surface area contributed by atoms with E-state index in [0.29, 0.717) is 13.0 Å². The van der Waals surface area contributed by atoms with Crippen molar-refractivity contribution in [3.8, 4) is 0 Å². The van der Waals surface area contributed by atoms with Gasteiger partial charge in [-0.2, -0.15) is 0 Å². The Balaban J connectivity index is 2.33. The van der Waals surface area contributed by atoms with E-state index in [0.717, 1.165) is 0 Å². The predicted molar refractivity (Wildman–Crippen MR) is 87.5 cm³/mol. The largest absolute Gasteiger partial charge is 0.332 e. The van der Waals surface area contributed by atoms with Gasteiger partial charge in [-0.3, -0.25) is 9.59 Å². The highest BCUT2D eigenvalue weighted by molar-refractivity contribution is 6.31. The molecular weight excluding hydrogens is 319 g/mol. The average molecular weight is 341 g/mol. The zero-order valence-electron chi connectivity index (χ0n) is 13.7. The van der Waals surface area contributed by atoms with Crippen LogP contribution in [0.15, 0.2) is 18.2 Å². The number of amides is 2. The maximum Gasteiger partial charge on any atom is 0.245 e. The second-order valence-corrected chi connectivity index (χ2v) is 6.63. The fourth-order valence-corrected chi connectivity index (χ4v) is 3.07. The zero-order valence-corrected chi connectivity index (χ0v) is 14.4. The molecule has 126 valence electrons. The molecule has 2 amide bonds. The lowest BCUT2D eigenvalue weighted by Crippen LogP contribution is -2.59. The normalized spacial score (nSPS) is 19.0. The molecule has 1 aromatic rings. The van der Waals surface area contributed by atoms with Crippen molar-refractivity contribution in [2.75, 3.05) is 13.1 Å². The summed E-state index contributed by atoms with van der Waals surface area (Å²) >= 11 is 6.07. The van der Waals surface area contributed by atoms with E-state index in [-0.39, 0.29) is 41.4 Å². The maximum absolute atomic E-state index is 14.0. The monoisotopic (exact) mass is 340 g/mol. The van der Waals surface area contributed by atoms with E-state index in [1.807, 2.05) is 20.8 Å². The molecule has 0 N–H and O–H groups in total. The third-order valence-corrected chi connectivity index (χ3v) is 4.44. The molecule has 0 bridgehead atoms. The van der Waals surface area contributed by atoms with E-state index in [1.54, 1.807) is 11.0 Å². The standard InChI is InChI=1S/C17H22ClFN2O2/c1-4-20-10-16(22)21(15(17(20)23)8-11(2)3)9-12-13(18)6-5-7-14(12)19/h5-7,11,15H,4,8-10H2,1-3H3/t15-/m0/s1. The van der Waals surface area contributed by atoms with Gasteiger partial charge in [-0.15, -0.1) is 0 Å². The number of halogens is 2. The number of hydrogen-bond donors (Lipinski definition) is 0. The highest BCUT2D eigenvalue weighted by Gasteiger charge is 2.39. The summed E-state index contributed by atoms with van der Waals surface area (Å²) in [5, 5.41) is 0.270. The second kappa shape index (κ2) is 7.30. The number of nitrogens with zero attached hydrogens (tertiary/aromatic N) is 2. The van der Waals surface area contributed by atoms with Crippen molar-refractivity contribution in [2.45, 2.75) is 39.8 Å². The van der Waals surface area contributed by atoms with Gasteiger partial charge in [0, 0.05) is 17.1 Å². The lowest BCUT2D eigenvalue weighted by molar-refractivity contribution is -0.157. The Bertz CT molecular complexity index is 586. The van der Waals surface area contributed by atoms with Crippen LogP contribution in [0.5, 0.6) is 0 Å². The molecule has 1 aromatic carbocycles. The van der Waals surface area contributed by atoms with E-state index < -0.39 is 11.9 Å². The van der Waals surface area contributed by atoms with Crippen LogP contribution in [0.4, 0.5) is 4.39 Å². The summed E-state index contributed by atoms with van der Waals surface area (Å²) in [6.07, 6.45) is 0.549. The highest BCUT2D eigenvalue weighted by Crippen LogP contribution is 2.26. The summed E-state index contributed by atoms with van der Waals surface area (Å²) < 4.78 is 14.0. The van der Waals surface area contributed by atoms with E-state index in [9.17, 15) is 14.0 Å². The molecule has 0 spiro atoms. The molecule has 2 rings (SSSR count). The second-order valence-electron chi connectivity index (χ2n) is 6.22. The fourth-order valence-electron chi connectivity index (χ4n) is 2.84. The highest BCUT2D eigenvalue weighted by atomic mass is 35.5. The molecule has 1 aliphatic heterocycles. The summed E-state index contributed by atoms with van der Waals surface area (Å²) in [5.41, 5.74) is 0.258. The first-order chi connectivity index (χ1) is 10.8. The first kappa shape index (κ1) is 17.7. The molecule has 1 fully saturated rings. The first-order valence-electron chi connectivity index (χ1n) is 7.86. The summed E-state index contributed by atoms with van der Waals surface area (Å²) in [6.45, 7) is 6.39. The molecule has 0 unspecified atom stereocenters. The van der Waals surface area contributed by atoms with Crippen molar-refractivity contribution in [1.82, 2.24) is 9.80 Å². The van der Waals surface area contributed by atoms with Crippen LogP contribution in [0.2, 0.25) is 5.02 Å². The van der Waals surface area contributed by atoms with Crippen molar-refractivity contribution in [1.29, 1.82) is 0 Å². The summed E-state index contributed by atoms with van der Waals surface area (Å²) in [4.78, 5) is 28.1. The Morgan fingerprint density at radius 2 is 2.04 bits per heavy atom. The van der Waals surface area contributed by atoms with Crippen molar-refractivity contribution in [2.24, 2.45) is 5.92 Å². The zero-order chi connectivity index (χ0) is 17.1. The summed E-state index contributed by atoms with van der Waals surface area (Å²) in [7, 11) is 0. The third-order valence-electron chi connectivity index (χ3n) is 4.09. The molecule has 1 saturated heterocycles. The minimum absolute atomic E-state index is 0.0189. The van der Waals surface area contributed by atoms with Gasteiger partial charge < -0.3 is 9.80 Å². The van der Waals surface area contributed by atoms with Crippen LogP contribution in [-0.2, 0) is 16.1 Å². The quantitative estimate of drug-likeness (QED) is 0.826. The Kier molecular flexibility index (Phi) is 5.63. The smallest absolute Gasteiger partial charge is 0.245 e. The third kappa shape index (κ3) is 3.83. The molecule has 4 nitrogen and oxygen atoms in total. The van der Waals surface area contributed by atoms with E-state index in [4.69, 9.17) is 11.6 Å². The molecule has 6 heteroatoms. The van der Waals surface area contributed by atoms with Gasteiger partial charge in [0.2, 0.25) is 11.8 Å². The van der Waals surface area contributed by atoms with E-state index >= 15 is 0 Å². The number of hydrogen-bond acceptors (Lipinski definition) is 2. The molecule has 23 heavy (non-hydrogen) atoms. The molecule has 1 heterocycles. The van der Waals surface area contributed by atoms with Crippen LogP contribution < -0.4 is 0 Å². The van der Waals surface area contributed by atoms with Crippen molar-refractivity contribution in [3.05, 3.63) is 34.6 Å². The predicted octanol–water partition coefficient (Wildman–Crippen LogP) is 3.08. The minimum atomic E-state index is -0.563. The van der Waals surface area contributed by atoms with Crippen LogP contribution >= 0.6 is 11.6 Å². The van der Waals surface area contributed by atoms with Crippen LogP contribution in [0.25, 0.3) is 0 Å². The molecular formula is C17H22ClFN2O2. The maximum atomic E-state index is 14.0. The van der Waals surface area contributed by atoms with Crippen molar-refractivity contribution in [3.63, 3.8) is 0 Å². The van der Waals surface area contributed by atoms with Gasteiger partial charge >= 0.3 is 0 Å². The molecule has 0 aromatic heterocycles. The molecule has 1 aliphatic rings. The SMILES string of the molecule is CCN1CC(=O)N(Cc2c(F)cccc2Cl)[C@@H](CC(C)C)C1=O. The number of likely N-dealkylation sites (N-methyl/N-ethyl adjacent to an activating group) is 1. The van der Waals surface area contributed by atoms with Crippen molar-refractivity contribution < 1.29 is 14.0 Å². The molecule has 0 aliphatic carbocycles. The van der Waals surface area contributed by atoms with Gasteiger partial charge in [0.05, 0.1) is 13.1 Å². The van der Waals surface area contributed by atoms with Crippen molar-refractivity contribution >= 4 is 23.4 Å². The lowest BCUT2D eigenvalue weighted by Gasteiger charge is -2.40. The van der Waals surface area contributed by atoms with Crippen LogP contribution in [0, 0.1) is 11.7 Å². The van der Waals surface area contributed by atoms with Gasteiger partial charge in [-0.05, 0) is 31.4 Å². The average Bonchev–Trinajstić information content (AvgIpc) is 2.48.